The first kappa shape index (κ1) is 39.9. The molecule has 0 bridgehead atoms. The van der Waals surface area contributed by atoms with Crippen LogP contribution in [0.3, 0.4) is 0 Å². The van der Waals surface area contributed by atoms with Gasteiger partial charge < -0.3 is 18.6 Å². The van der Waals surface area contributed by atoms with E-state index in [1.807, 2.05) is 0 Å². The first-order chi connectivity index (χ1) is 34.8. The minimum atomic E-state index is 0.185. The number of hydrogen-bond acceptors (Lipinski definition) is 2. The quantitative estimate of drug-likeness (QED) is 0.151. The third-order valence-corrected chi connectivity index (χ3v) is 16.3. The summed E-state index contributed by atoms with van der Waals surface area (Å²) >= 11 is 0. The van der Waals surface area contributed by atoms with Gasteiger partial charge in [0.25, 0.3) is 0 Å². The molecule has 3 atom stereocenters. The van der Waals surface area contributed by atoms with Crippen LogP contribution in [0.4, 0.5) is 17.1 Å². The molecule has 5 aliphatic carbocycles. The molecular formula is C66H52N4. The Kier molecular flexibility index (Phi) is 8.96. The Labute approximate surface area is 407 Å². The molecule has 0 saturated carbocycles. The number of rotatable bonds is 8. The average molecular weight is 901 g/mol. The highest BCUT2D eigenvalue weighted by molar-refractivity contribution is 6.31. The molecule has 4 nitrogen and oxygen atoms in total. The fourth-order valence-electron chi connectivity index (χ4n) is 13.2. The maximum atomic E-state index is 2.69. The van der Waals surface area contributed by atoms with Gasteiger partial charge >= 0.3 is 0 Å². The van der Waals surface area contributed by atoms with Gasteiger partial charge in [0.15, 0.2) is 0 Å². The normalized spacial score (nSPS) is 20.2. The summed E-state index contributed by atoms with van der Waals surface area (Å²) in [6.07, 6.45) is 46.3. The third kappa shape index (κ3) is 5.89. The number of hydrogen-bond donors (Lipinski definition) is 0. The van der Waals surface area contributed by atoms with Crippen molar-refractivity contribution in [2.75, 3.05) is 9.80 Å². The Hall–Kier alpha value is -8.08. The zero-order chi connectivity index (χ0) is 45.9. The van der Waals surface area contributed by atoms with E-state index in [4.69, 9.17) is 0 Å². The molecule has 15 rings (SSSR count). The smallest absolute Gasteiger partial charge is 0.0621 e. The summed E-state index contributed by atoms with van der Waals surface area (Å²) in [6.45, 7) is 0. The Balaban J connectivity index is 0.927. The van der Waals surface area contributed by atoms with E-state index in [0.29, 0.717) is 5.92 Å². The molecule has 0 N–H and O–H groups in total. The van der Waals surface area contributed by atoms with Crippen molar-refractivity contribution in [2.24, 2.45) is 5.92 Å². The van der Waals surface area contributed by atoms with E-state index in [0.717, 1.165) is 44.9 Å². The second-order valence-corrected chi connectivity index (χ2v) is 20.0. The van der Waals surface area contributed by atoms with Gasteiger partial charge in [-0.3, -0.25) is 0 Å². The lowest BCUT2D eigenvalue weighted by Gasteiger charge is -2.38. The molecular weight excluding hydrogens is 849 g/mol. The van der Waals surface area contributed by atoms with Crippen LogP contribution in [0.15, 0.2) is 224 Å². The van der Waals surface area contributed by atoms with Crippen LogP contribution in [-0.4, -0.2) is 20.9 Å². The summed E-state index contributed by atoms with van der Waals surface area (Å²) in [5.74, 6) is 0.452. The molecule has 70 heavy (non-hydrogen) atoms. The Bertz CT molecular complexity index is 4130. The Morgan fingerprint density at radius 2 is 1.07 bits per heavy atom. The molecule has 2 unspecified atom stereocenters. The standard InChI is InChI=1S/C66H52N4/c1-5-19-43(20-6-1)45-23-13-29-49(39-45)67(47-25-9-3-10-26-47)57-35-17-37-59-63(57)53-33-15-31-51-55-42-62-56(41-61(55)69(59)65(51)53)52-32-16-34-54-64-58(36-18-38-60(64)70(62)66(52)54)68(48-27-11-4-12-28-48)50-30-14-24-46(40-50)44-21-7-2-8-22-44/h1-7,9,11-19,21,23-25,27,29-38,40-43,48-49H,8,10,20,22,26,28,39H2/t43?,48-,49?/m0/s1. The van der Waals surface area contributed by atoms with Crippen molar-refractivity contribution in [3.8, 4) is 0 Å². The summed E-state index contributed by atoms with van der Waals surface area (Å²) in [6, 6.07) is 42.7. The van der Waals surface area contributed by atoms with Crippen LogP contribution in [0, 0.1) is 5.92 Å². The van der Waals surface area contributed by atoms with E-state index < -0.39 is 0 Å². The SMILES string of the molecule is C1=CCCC(c2cccc(N(c3cccc4c3c3cccc5c6cc7c(cc6n4c53)c3cccc4c5c(N(C6=CC=CCC6)C6C=CC=C(C8C=CC=CC8)C6)cccc5n7c34)[C@H]3C=CC=CC3)c2)=C1. The molecule has 0 fully saturated rings. The van der Waals surface area contributed by atoms with E-state index in [1.54, 1.807) is 0 Å². The molecule has 0 amide bonds. The molecule has 0 radical (unpaired) electrons. The lowest BCUT2D eigenvalue weighted by Crippen LogP contribution is -2.35. The lowest BCUT2D eigenvalue weighted by atomic mass is 9.85. The predicted molar refractivity (Wildman–Crippen MR) is 298 cm³/mol. The fraction of sp³-hybridized carbons (Fsp3) is 0.152. The molecule has 4 heteroatoms. The van der Waals surface area contributed by atoms with E-state index in [9.17, 15) is 0 Å². The molecule has 5 aliphatic rings. The van der Waals surface area contributed by atoms with Crippen LogP contribution < -0.4 is 9.80 Å². The second-order valence-electron chi connectivity index (χ2n) is 20.0. The summed E-state index contributed by atoms with van der Waals surface area (Å²) in [7, 11) is 0. The average Bonchev–Trinajstić information content (AvgIpc) is 4.17. The van der Waals surface area contributed by atoms with E-state index >= 15 is 0 Å². The molecule has 6 aromatic carbocycles. The molecule has 336 valence electrons. The molecule has 4 heterocycles. The molecule has 0 aliphatic heterocycles. The van der Waals surface area contributed by atoms with Crippen molar-refractivity contribution in [1.29, 1.82) is 0 Å². The van der Waals surface area contributed by atoms with E-state index in [1.165, 1.54) is 116 Å². The number of anilines is 3. The number of aromatic nitrogens is 2. The van der Waals surface area contributed by atoms with Gasteiger partial charge in [0, 0.05) is 60.4 Å². The monoisotopic (exact) mass is 900 g/mol. The summed E-state index contributed by atoms with van der Waals surface area (Å²) in [5, 5.41) is 10.5. The fourth-order valence-corrected chi connectivity index (χ4v) is 13.2. The van der Waals surface area contributed by atoms with Crippen LogP contribution in [0.2, 0.25) is 0 Å². The second kappa shape index (κ2) is 15.7. The van der Waals surface area contributed by atoms with Crippen molar-refractivity contribution in [1.82, 2.24) is 8.80 Å². The molecule has 10 aromatic rings. The summed E-state index contributed by atoms with van der Waals surface area (Å²) < 4.78 is 5.17. The summed E-state index contributed by atoms with van der Waals surface area (Å²) in [5.41, 5.74) is 17.0. The molecule has 0 spiro atoms. The van der Waals surface area contributed by atoms with Crippen LogP contribution in [0.5, 0.6) is 0 Å². The number of allylic oxidation sites excluding steroid dienone is 16. The topological polar surface area (TPSA) is 15.3 Å². The van der Waals surface area contributed by atoms with Crippen LogP contribution in [0.1, 0.15) is 50.5 Å². The zero-order valence-corrected chi connectivity index (χ0v) is 39.2. The van der Waals surface area contributed by atoms with Gasteiger partial charge in [0.05, 0.1) is 56.6 Å². The number of fused-ring (bicyclic) bond motifs is 12. The lowest BCUT2D eigenvalue weighted by molar-refractivity contribution is 0.640. The van der Waals surface area contributed by atoms with Crippen molar-refractivity contribution in [2.45, 2.75) is 57.0 Å². The van der Waals surface area contributed by atoms with Gasteiger partial charge in [-0.1, -0.05) is 163 Å². The van der Waals surface area contributed by atoms with Gasteiger partial charge in [-0.15, -0.1) is 0 Å². The third-order valence-electron chi connectivity index (χ3n) is 16.3. The van der Waals surface area contributed by atoms with Crippen molar-refractivity contribution in [3.63, 3.8) is 0 Å². The number of para-hydroxylation sites is 2. The van der Waals surface area contributed by atoms with Gasteiger partial charge in [0.2, 0.25) is 0 Å². The van der Waals surface area contributed by atoms with Gasteiger partial charge in [-0.25, -0.2) is 0 Å². The van der Waals surface area contributed by atoms with Crippen LogP contribution in [-0.2, 0) is 0 Å². The Morgan fingerprint density at radius 3 is 1.71 bits per heavy atom. The maximum Gasteiger partial charge on any atom is 0.0621 e. The van der Waals surface area contributed by atoms with Crippen LogP contribution >= 0.6 is 0 Å². The van der Waals surface area contributed by atoms with Gasteiger partial charge in [-0.2, -0.15) is 0 Å². The molecule has 4 aromatic heterocycles. The molecule has 0 saturated heterocycles. The maximum absolute atomic E-state index is 2.69. The highest BCUT2D eigenvalue weighted by atomic mass is 15.2. The minimum absolute atomic E-state index is 0.185. The highest BCUT2D eigenvalue weighted by Crippen LogP contribution is 2.49. The number of benzene rings is 6. The first-order valence-electron chi connectivity index (χ1n) is 25.5. The van der Waals surface area contributed by atoms with Crippen molar-refractivity contribution in [3.05, 3.63) is 229 Å². The highest BCUT2D eigenvalue weighted by Gasteiger charge is 2.31. The van der Waals surface area contributed by atoms with Crippen LogP contribution in [0.25, 0.3) is 81.8 Å². The van der Waals surface area contributed by atoms with E-state index in [2.05, 4.69) is 231 Å². The predicted octanol–water partition coefficient (Wildman–Crippen LogP) is 17.2. The van der Waals surface area contributed by atoms with E-state index in [-0.39, 0.29) is 12.1 Å². The van der Waals surface area contributed by atoms with Crippen molar-refractivity contribution < 1.29 is 0 Å². The summed E-state index contributed by atoms with van der Waals surface area (Å²) in [4.78, 5) is 5.30. The number of nitrogens with zero attached hydrogens (tertiary/aromatic N) is 4. The largest absolute Gasteiger partial charge is 0.337 e. The first-order valence-corrected chi connectivity index (χ1v) is 25.5. The zero-order valence-electron chi connectivity index (χ0n) is 39.2. The van der Waals surface area contributed by atoms with Gasteiger partial charge in [0.1, 0.15) is 0 Å². The minimum Gasteiger partial charge on any atom is -0.337 e. The van der Waals surface area contributed by atoms with Crippen molar-refractivity contribution >= 4 is 98.8 Å². The Morgan fingerprint density at radius 1 is 0.443 bits per heavy atom. The van der Waals surface area contributed by atoms with Gasteiger partial charge in [-0.05, 0) is 111 Å².